The molecule has 1 aromatic carbocycles. The fraction of sp³-hybridized carbons (Fsp3) is 0. The van der Waals surface area contributed by atoms with Crippen LogP contribution in [-0.2, 0) is 0 Å². The van der Waals surface area contributed by atoms with Crippen LogP contribution in [0.1, 0.15) is 0 Å². The van der Waals surface area contributed by atoms with Gasteiger partial charge in [0.2, 0.25) is 5.13 Å². The summed E-state index contributed by atoms with van der Waals surface area (Å²) in [6, 6.07) is 7.78. The van der Waals surface area contributed by atoms with Gasteiger partial charge in [-0.1, -0.05) is 17.4 Å². The first-order chi connectivity index (χ1) is 11.1. The first-order valence-corrected chi connectivity index (χ1v) is 7.21. The van der Waals surface area contributed by atoms with Gasteiger partial charge in [0.05, 0.1) is 0 Å². The van der Waals surface area contributed by atoms with Crippen LogP contribution in [-0.4, -0.2) is 21.2 Å². The molecule has 2 heterocycles. The highest BCUT2D eigenvalue weighted by Gasteiger charge is 2.11. The third-order valence-corrected chi connectivity index (χ3v) is 3.57. The molecule has 0 saturated carbocycles. The van der Waals surface area contributed by atoms with Crippen LogP contribution in [0.5, 0.6) is 0 Å². The number of nitrogens with zero attached hydrogens (tertiary/aromatic N) is 3. The van der Waals surface area contributed by atoms with Gasteiger partial charge >= 0.3 is 6.03 Å². The number of urea groups is 1. The van der Waals surface area contributed by atoms with E-state index >= 15 is 0 Å². The van der Waals surface area contributed by atoms with Crippen molar-refractivity contribution in [2.24, 2.45) is 0 Å². The summed E-state index contributed by atoms with van der Waals surface area (Å²) in [4.78, 5) is 15.9. The third kappa shape index (κ3) is 3.64. The van der Waals surface area contributed by atoms with E-state index in [1.807, 2.05) is 6.07 Å². The summed E-state index contributed by atoms with van der Waals surface area (Å²) >= 11 is 1.14. The molecule has 0 saturated heterocycles. The van der Waals surface area contributed by atoms with E-state index in [4.69, 9.17) is 0 Å². The van der Waals surface area contributed by atoms with Crippen LogP contribution < -0.4 is 10.6 Å². The molecule has 0 unspecified atom stereocenters. The second-order valence-corrected chi connectivity index (χ2v) is 5.31. The molecule has 2 amide bonds. The highest BCUT2D eigenvalue weighted by molar-refractivity contribution is 7.18. The average molecular weight is 333 g/mol. The third-order valence-electron chi connectivity index (χ3n) is 2.71. The second-order valence-electron chi connectivity index (χ2n) is 4.34. The molecule has 0 spiro atoms. The summed E-state index contributed by atoms with van der Waals surface area (Å²) in [5.74, 6) is -2.03. The minimum Gasteiger partial charge on any atom is -0.308 e. The van der Waals surface area contributed by atoms with E-state index in [0.717, 1.165) is 23.5 Å². The van der Waals surface area contributed by atoms with Crippen molar-refractivity contribution in [3.63, 3.8) is 0 Å². The number of anilines is 2. The van der Waals surface area contributed by atoms with E-state index in [0.29, 0.717) is 10.7 Å². The number of hydrogen-bond donors (Lipinski definition) is 2. The molecule has 2 aromatic heterocycles. The maximum atomic E-state index is 13.1. The number of carbonyl (C=O) groups is 1. The molecule has 23 heavy (non-hydrogen) atoms. The van der Waals surface area contributed by atoms with E-state index in [1.54, 1.807) is 18.3 Å². The number of amides is 2. The molecule has 6 nitrogen and oxygen atoms in total. The number of halogens is 2. The normalized spacial score (nSPS) is 10.3. The topological polar surface area (TPSA) is 79.8 Å². The van der Waals surface area contributed by atoms with Gasteiger partial charge in [0.1, 0.15) is 5.69 Å². The Morgan fingerprint density at radius 1 is 1.04 bits per heavy atom. The molecule has 0 bridgehead atoms. The largest absolute Gasteiger partial charge is 0.325 e. The van der Waals surface area contributed by atoms with Gasteiger partial charge in [-0.25, -0.2) is 13.6 Å². The van der Waals surface area contributed by atoms with Gasteiger partial charge in [-0.15, -0.1) is 10.2 Å². The summed E-state index contributed by atoms with van der Waals surface area (Å²) in [7, 11) is 0. The molecule has 9 heteroatoms. The standard InChI is InChI=1S/C14H9F2N5OS/c15-9-5-4-8(7-10(9)16)18-13(22)19-14-21-20-12(23-14)11-3-1-2-6-17-11/h1-7H,(H2,18,19,21,22). The summed E-state index contributed by atoms with van der Waals surface area (Å²) in [6.07, 6.45) is 1.62. The first kappa shape index (κ1) is 15.0. The highest BCUT2D eigenvalue weighted by Crippen LogP contribution is 2.24. The van der Waals surface area contributed by atoms with Crippen LogP contribution in [0.3, 0.4) is 0 Å². The fourth-order valence-electron chi connectivity index (χ4n) is 1.70. The molecular formula is C14H9F2N5OS. The van der Waals surface area contributed by atoms with Crippen LogP contribution in [0.25, 0.3) is 10.7 Å². The molecule has 0 atom stereocenters. The maximum absolute atomic E-state index is 13.1. The van der Waals surface area contributed by atoms with Crippen LogP contribution in [0.4, 0.5) is 24.4 Å². The minimum atomic E-state index is -1.05. The Hall–Kier alpha value is -2.94. The van der Waals surface area contributed by atoms with Crippen LogP contribution in [0.15, 0.2) is 42.6 Å². The van der Waals surface area contributed by atoms with Crippen molar-refractivity contribution in [3.05, 3.63) is 54.2 Å². The lowest BCUT2D eigenvalue weighted by Gasteiger charge is -2.05. The minimum absolute atomic E-state index is 0.121. The van der Waals surface area contributed by atoms with Crippen LogP contribution in [0.2, 0.25) is 0 Å². The maximum Gasteiger partial charge on any atom is 0.325 e. The van der Waals surface area contributed by atoms with Crippen molar-refractivity contribution in [1.29, 1.82) is 0 Å². The van der Waals surface area contributed by atoms with E-state index in [9.17, 15) is 13.6 Å². The van der Waals surface area contributed by atoms with Gasteiger partial charge in [-0.3, -0.25) is 10.3 Å². The summed E-state index contributed by atoms with van der Waals surface area (Å²) < 4.78 is 25.9. The quantitative estimate of drug-likeness (QED) is 0.768. The van der Waals surface area contributed by atoms with Crippen LogP contribution >= 0.6 is 11.3 Å². The van der Waals surface area contributed by atoms with Crippen molar-refractivity contribution >= 4 is 28.2 Å². The van der Waals surface area contributed by atoms with Gasteiger partial charge in [-0.05, 0) is 24.3 Å². The van der Waals surface area contributed by atoms with E-state index in [1.165, 1.54) is 6.07 Å². The Labute approximate surface area is 133 Å². The van der Waals surface area contributed by atoms with Gasteiger partial charge in [0, 0.05) is 18.0 Å². The molecule has 2 N–H and O–H groups in total. The Morgan fingerprint density at radius 3 is 2.65 bits per heavy atom. The Balaban J connectivity index is 1.66. The van der Waals surface area contributed by atoms with E-state index < -0.39 is 17.7 Å². The zero-order valence-corrected chi connectivity index (χ0v) is 12.3. The summed E-state index contributed by atoms with van der Waals surface area (Å²) in [6.45, 7) is 0. The molecule has 0 fully saturated rings. The molecule has 3 aromatic rings. The lowest BCUT2D eigenvalue weighted by atomic mass is 10.3. The molecule has 116 valence electrons. The predicted octanol–water partition coefficient (Wildman–Crippen LogP) is 3.52. The van der Waals surface area contributed by atoms with Crippen molar-refractivity contribution in [2.75, 3.05) is 10.6 Å². The van der Waals surface area contributed by atoms with Crippen molar-refractivity contribution in [3.8, 4) is 10.7 Å². The number of benzene rings is 1. The fourth-order valence-corrected chi connectivity index (χ4v) is 2.42. The molecule has 0 aliphatic rings. The number of aromatic nitrogens is 3. The Kier molecular flexibility index (Phi) is 4.20. The van der Waals surface area contributed by atoms with E-state index in [-0.39, 0.29) is 10.8 Å². The van der Waals surface area contributed by atoms with Crippen molar-refractivity contribution < 1.29 is 13.6 Å². The zero-order chi connectivity index (χ0) is 16.2. The van der Waals surface area contributed by atoms with E-state index in [2.05, 4.69) is 25.8 Å². The SMILES string of the molecule is O=C(Nc1ccc(F)c(F)c1)Nc1nnc(-c2ccccn2)s1. The first-order valence-electron chi connectivity index (χ1n) is 6.40. The molecular weight excluding hydrogens is 324 g/mol. The lowest BCUT2D eigenvalue weighted by molar-refractivity contribution is 0.262. The van der Waals surface area contributed by atoms with Gasteiger partial charge < -0.3 is 5.32 Å². The number of nitrogens with one attached hydrogen (secondary N) is 2. The number of hydrogen-bond acceptors (Lipinski definition) is 5. The van der Waals surface area contributed by atoms with Gasteiger partial charge in [0.15, 0.2) is 16.6 Å². The second kappa shape index (κ2) is 6.44. The molecule has 0 radical (unpaired) electrons. The number of carbonyl (C=O) groups excluding carboxylic acids is 1. The molecule has 0 aliphatic carbocycles. The van der Waals surface area contributed by atoms with Gasteiger partial charge in [0.25, 0.3) is 0 Å². The lowest BCUT2D eigenvalue weighted by Crippen LogP contribution is -2.19. The Morgan fingerprint density at radius 2 is 1.91 bits per heavy atom. The zero-order valence-electron chi connectivity index (χ0n) is 11.5. The highest BCUT2D eigenvalue weighted by atomic mass is 32.1. The number of rotatable bonds is 3. The summed E-state index contributed by atoms with van der Waals surface area (Å²) in [5.41, 5.74) is 0.759. The van der Waals surface area contributed by atoms with Gasteiger partial charge in [-0.2, -0.15) is 0 Å². The number of pyridine rings is 1. The van der Waals surface area contributed by atoms with Crippen molar-refractivity contribution in [2.45, 2.75) is 0 Å². The molecule has 0 aliphatic heterocycles. The predicted molar refractivity (Wildman–Crippen MR) is 82.1 cm³/mol. The van der Waals surface area contributed by atoms with Crippen molar-refractivity contribution in [1.82, 2.24) is 15.2 Å². The van der Waals surface area contributed by atoms with Crippen LogP contribution in [0, 0.1) is 11.6 Å². The molecule has 3 rings (SSSR count). The average Bonchev–Trinajstić information content (AvgIpc) is 3.00. The monoisotopic (exact) mass is 333 g/mol. The summed E-state index contributed by atoms with van der Waals surface area (Å²) in [5, 5.41) is 13.4. The Bertz CT molecular complexity index is 840. The smallest absolute Gasteiger partial charge is 0.308 e.